The first-order chi connectivity index (χ1) is 4.38. The maximum absolute atomic E-state index is 5.28. The van der Waals surface area contributed by atoms with Crippen molar-refractivity contribution in [2.75, 3.05) is 6.61 Å². The average Bonchev–Trinajstić information content (AvgIpc) is 2.35. The third-order valence-electron chi connectivity index (χ3n) is 1.55. The van der Waals surface area contributed by atoms with Crippen molar-refractivity contribution in [3.63, 3.8) is 0 Å². The van der Waals surface area contributed by atoms with Crippen molar-refractivity contribution >= 4 is 0 Å². The molecule has 0 atom stereocenters. The summed E-state index contributed by atoms with van der Waals surface area (Å²) in [4.78, 5) is 0. The van der Waals surface area contributed by atoms with Crippen LogP contribution in [-0.4, -0.2) is 16.8 Å². The highest BCUT2D eigenvalue weighted by Crippen LogP contribution is 2.25. The van der Waals surface area contributed by atoms with Crippen molar-refractivity contribution in [3.05, 3.63) is 11.4 Å². The van der Waals surface area contributed by atoms with Gasteiger partial charge >= 0.3 is 0 Å². The third-order valence-corrected chi connectivity index (χ3v) is 1.55. The zero-order valence-corrected chi connectivity index (χ0v) is 5.27. The second kappa shape index (κ2) is 1.50. The maximum atomic E-state index is 5.28. The van der Waals surface area contributed by atoms with E-state index < -0.39 is 0 Å². The van der Waals surface area contributed by atoms with Gasteiger partial charge in [-0.2, -0.15) is 5.10 Å². The van der Waals surface area contributed by atoms with E-state index in [-0.39, 0.29) is 0 Å². The lowest BCUT2D eigenvalue weighted by Gasteiger charge is -1.91. The van der Waals surface area contributed by atoms with E-state index in [4.69, 9.17) is 4.74 Å². The summed E-state index contributed by atoms with van der Waals surface area (Å²) in [6.07, 6.45) is 0.958. The van der Waals surface area contributed by atoms with Crippen LogP contribution in [0.3, 0.4) is 0 Å². The van der Waals surface area contributed by atoms with Gasteiger partial charge in [-0.1, -0.05) is 0 Å². The third kappa shape index (κ3) is 0.542. The summed E-state index contributed by atoms with van der Waals surface area (Å²) in [6, 6.07) is 0. The molecule has 1 N–H and O–H groups in total. The summed E-state index contributed by atoms with van der Waals surface area (Å²) in [5.74, 6) is 0.968. The molecule has 3 nitrogen and oxygen atoms in total. The minimum Gasteiger partial charge on any atom is -0.489 e. The molecule has 0 saturated carbocycles. The van der Waals surface area contributed by atoms with E-state index in [1.54, 1.807) is 0 Å². The molecule has 0 spiro atoms. The van der Waals surface area contributed by atoms with Gasteiger partial charge in [-0.15, -0.1) is 0 Å². The first-order valence-corrected chi connectivity index (χ1v) is 3.04. The van der Waals surface area contributed by atoms with Gasteiger partial charge in [0.05, 0.1) is 12.3 Å². The second-order valence-electron chi connectivity index (χ2n) is 2.22. The molecule has 0 aliphatic carbocycles. The fourth-order valence-electron chi connectivity index (χ4n) is 1.08. The fourth-order valence-corrected chi connectivity index (χ4v) is 1.08. The molecular formula is C6H8N2O. The van der Waals surface area contributed by atoms with Crippen molar-refractivity contribution in [2.45, 2.75) is 13.3 Å². The van der Waals surface area contributed by atoms with E-state index in [9.17, 15) is 0 Å². The zero-order chi connectivity index (χ0) is 6.27. The SMILES string of the molecule is Cc1[nH]nc2c1OCC2. The van der Waals surface area contributed by atoms with Gasteiger partial charge in [0.15, 0.2) is 5.75 Å². The Morgan fingerprint density at radius 2 is 2.56 bits per heavy atom. The highest BCUT2D eigenvalue weighted by atomic mass is 16.5. The Labute approximate surface area is 53.0 Å². The summed E-state index contributed by atoms with van der Waals surface area (Å²) in [7, 11) is 0. The number of ether oxygens (including phenoxy) is 1. The van der Waals surface area contributed by atoms with E-state index in [0.717, 1.165) is 30.2 Å². The van der Waals surface area contributed by atoms with Gasteiger partial charge in [-0.25, -0.2) is 0 Å². The number of fused-ring (bicyclic) bond motifs is 1. The predicted octanol–water partition coefficient (Wildman–Crippen LogP) is 0.653. The molecule has 1 aliphatic rings. The van der Waals surface area contributed by atoms with E-state index in [2.05, 4.69) is 10.2 Å². The van der Waals surface area contributed by atoms with Gasteiger partial charge in [0.1, 0.15) is 5.69 Å². The average molecular weight is 124 g/mol. The van der Waals surface area contributed by atoms with Crippen molar-refractivity contribution in [2.24, 2.45) is 0 Å². The molecule has 2 rings (SSSR count). The van der Waals surface area contributed by atoms with E-state index in [1.165, 1.54) is 0 Å². The number of aryl methyl sites for hydroxylation is 1. The molecule has 48 valence electrons. The topological polar surface area (TPSA) is 37.9 Å². The van der Waals surface area contributed by atoms with Crippen molar-refractivity contribution in [1.82, 2.24) is 10.2 Å². The predicted molar refractivity (Wildman–Crippen MR) is 32.5 cm³/mol. The number of aromatic nitrogens is 2. The Morgan fingerprint density at radius 3 is 3.33 bits per heavy atom. The normalized spacial score (nSPS) is 15.2. The summed E-state index contributed by atoms with van der Waals surface area (Å²) in [6.45, 7) is 2.77. The van der Waals surface area contributed by atoms with Gasteiger partial charge in [0, 0.05) is 6.42 Å². The van der Waals surface area contributed by atoms with Crippen LogP contribution in [0.1, 0.15) is 11.4 Å². The lowest BCUT2D eigenvalue weighted by molar-refractivity contribution is 0.353. The molecule has 0 unspecified atom stereocenters. The monoisotopic (exact) mass is 124 g/mol. The molecule has 0 radical (unpaired) electrons. The molecule has 2 heterocycles. The highest BCUT2D eigenvalue weighted by molar-refractivity contribution is 5.34. The van der Waals surface area contributed by atoms with Crippen LogP contribution in [0.15, 0.2) is 0 Å². The zero-order valence-electron chi connectivity index (χ0n) is 5.27. The minimum atomic E-state index is 0.799. The number of aromatic amines is 1. The molecule has 1 aromatic rings. The second-order valence-corrected chi connectivity index (χ2v) is 2.22. The number of hydrogen-bond donors (Lipinski definition) is 1. The Kier molecular flexibility index (Phi) is 0.806. The molecule has 9 heavy (non-hydrogen) atoms. The fraction of sp³-hybridized carbons (Fsp3) is 0.500. The lowest BCUT2D eigenvalue weighted by atomic mass is 10.3. The molecule has 0 amide bonds. The van der Waals surface area contributed by atoms with Crippen LogP contribution in [0, 0.1) is 6.92 Å². The van der Waals surface area contributed by atoms with Crippen LogP contribution in [0.5, 0.6) is 5.75 Å². The minimum absolute atomic E-state index is 0.799. The number of nitrogens with one attached hydrogen (secondary N) is 1. The number of hydrogen-bond acceptors (Lipinski definition) is 2. The van der Waals surface area contributed by atoms with Crippen molar-refractivity contribution < 1.29 is 4.74 Å². The van der Waals surface area contributed by atoms with Gasteiger partial charge in [0.25, 0.3) is 0 Å². The smallest absolute Gasteiger partial charge is 0.163 e. The van der Waals surface area contributed by atoms with Crippen LogP contribution >= 0.6 is 0 Å². The van der Waals surface area contributed by atoms with Crippen LogP contribution in [0.25, 0.3) is 0 Å². The first kappa shape index (κ1) is 4.85. The van der Waals surface area contributed by atoms with E-state index >= 15 is 0 Å². The van der Waals surface area contributed by atoms with Crippen LogP contribution in [0.4, 0.5) is 0 Å². The molecule has 1 aromatic heterocycles. The van der Waals surface area contributed by atoms with E-state index in [1.807, 2.05) is 6.92 Å². The maximum Gasteiger partial charge on any atom is 0.163 e. The van der Waals surface area contributed by atoms with Crippen LogP contribution < -0.4 is 4.74 Å². The molecular weight excluding hydrogens is 116 g/mol. The summed E-state index contributed by atoms with van der Waals surface area (Å²) < 4.78 is 5.28. The quantitative estimate of drug-likeness (QED) is 0.551. The molecule has 3 heteroatoms. The highest BCUT2D eigenvalue weighted by Gasteiger charge is 2.16. The summed E-state index contributed by atoms with van der Waals surface area (Å²) in [5.41, 5.74) is 2.12. The van der Waals surface area contributed by atoms with Gasteiger partial charge in [0.2, 0.25) is 0 Å². The van der Waals surface area contributed by atoms with Crippen molar-refractivity contribution in [1.29, 1.82) is 0 Å². The first-order valence-electron chi connectivity index (χ1n) is 3.04. The Balaban J connectivity index is 2.56. The Hall–Kier alpha value is -0.990. The molecule has 0 bridgehead atoms. The van der Waals surface area contributed by atoms with Crippen molar-refractivity contribution in [3.8, 4) is 5.75 Å². The van der Waals surface area contributed by atoms with Gasteiger partial charge in [-0.05, 0) is 6.92 Å². The largest absolute Gasteiger partial charge is 0.489 e. The Bertz CT molecular complexity index is 229. The number of nitrogens with zero attached hydrogens (tertiary/aromatic N) is 1. The number of H-pyrrole nitrogens is 1. The molecule has 0 aromatic carbocycles. The summed E-state index contributed by atoms with van der Waals surface area (Å²) in [5, 5.41) is 6.91. The molecule has 0 fully saturated rings. The van der Waals surface area contributed by atoms with E-state index in [0.29, 0.717) is 0 Å². The van der Waals surface area contributed by atoms with Gasteiger partial charge < -0.3 is 4.74 Å². The van der Waals surface area contributed by atoms with Crippen LogP contribution in [-0.2, 0) is 6.42 Å². The van der Waals surface area contributed by atoms with Gasteiger partial charge in [-0.3, -0.25) is 5.10 Å². The lowest BCUT2D eigenvalue weighted by Crippen LogP contribution is -1.90. The molecule has 0 saturated heterocycles. The van der Waals surface area contributed by atoms with Crippen LogP contribution in [0.2, 0.25) is 0 Å². The molecule has 1 aliphatic heterocycles. The number of rotatable bonds is 0. The Morgan fingerprint density at radius 1 is 1.67 bits per heavy atom. The standard InChI is InChI=1S/C6H8N2O/c1-4-6-5(8-7-4)2-3-9-6/h2-3H2,1H3,(H,7,8). The summed E-state index contributed by atoms with van der Waals surface area (Å²) >= 11 is 0.